The Hall–Kier alpha value is -2.00. The molecule has 0 heterocycles. The van der Waals surface area contributed by atoms with E-state index in [4.69, 9.17) is 34.8 Å². The minimum atomic E-state index is -3.83. The van der Waals surface area contributed by atoms with Crippen LogP contribution in [0.2, 0.25) is 15.1 Å². The summed E-state index contributed by atoms with van der Waals surface area (Å²) < 4.78 is 25.9. The Bertz CT molecular complexity index is 1130. The lowest BCUT2D eigenvalue weighted by Gasteiger charge is -2.31. The number of nitrogens with one attached hydrogen (secondary N) is 1. The van der Waals surface area contributed by atoms with Crippen LogP contribution >= 0.6 is 34.8 Å². The Morgan fingerprint density at radius 1 is 1.06 bits per heavy atom. The van der Waals surface area contributed by atoms with Gasteiger partial charge >= 0.3 is 0 Å². The molecule has 1 N–H and O–H groups in total. The first-order valence-electron chi connectivity index (χ1n) is 9.54. The fraction of sp³-hybridized carbons (Fsp3) is 0.333. The third-order valence-electron chi connectivity index (χ3n) is 4.89. The van der Waals surface area contributed by atoms with Crippen LogP contribution in [0.4, 0.5) is 5.69 Å². The molecule has 7 nitrogen and oxygen atoms in total. The van der Waals surface area contributed by atoms with E-state index in [2.05, 4.69) is 5.32 Å². The van der Waals surface area contributed by atoms with Gasteiger partial charge in [0, 0.05) is 28.7 Å². The smallest absolute Gasteiger partial charge is 0.244 e. The average molecular weight is 521 g/mol. The molecule has 0 bridgehead atoms. The highest BCUT2D eigenvalue weighted by molar-refractivity contribution is 7.92. The molecule has 174 valence electrons. The van der Waals surface area contributed by atoms with Crippen LogP contribution in [0.15, 0.2) is 36.4 Å². The van der Waals surface area contributed by atoms with Crippen molar-refractivity contribution < 1.29 is 18.0 Å². The summed E-state index contributed by atoms with van der Waals surface area (Å²) in [6.45, 7) is 2.79. The van der Waals surface area contributed by atoms with Crippen LogP contribution in [0.1, 0.15) is 18.1 Å². The van der Waals surface area contributed by atoms with Crippen molar-refractivity contribution in [2.45, 2.75) is 26.4 Å². The SMILES string of the molecule is CNC(=O)[C@H](C)N(Cc1ccc(Cl)cc1Cl)C(=O)CN(c1ccc(C)c(Cl)c1)S(C)(=O)=O. The van der Waals surface area contributed by atoms with Crippen LogP contribution in [0.3, 0.4) is 0 Å². The highest BCUT2D eigenvalue weighted by atomic mass is 35.5. The Morgan fingerprint density at radius 2 is 1.72 bits per heavy atom. The van der Waals surface area contributed by atoms with Crippen molar-refractivity contribution in [2.24, 2.45) is 0 Å². The topological polar surface area (TPSA) is 86.8 Å². The van der Waals surface area contributed by atoms with Crippen LogP contribution in [-0.4, -0.2) is 51.0 Å². The second kappa shape index (κ2) is 10.7. The van der Waals surface area contributed by atoms with Gasteiger partial charge in [-0.05, 0) is 49.2 Å². The molecule has 0 spiro atoms. The molecule has 2 rings (SSSR count). The molecule has 0 aliphatic heterocycles. The fourth-order valence-electron chi connectivity index (χ4n) is 2.98. The molecule has 0 aromatic heterocycles. The Labute approximate surface area is 203 Å². The zero-order valence-electron chi connectivity index (χ0n) is 18.0. The quantitative estimate of drug-likeness (QED) is 0.572. The summed E-state index contributed by atoms with van der Waals surface area (Å²) in [5.74, 6) is -0.998. The number of rotatable bonds is 8. The van der Waals surface area contributed by atoms with Crippen molar-refractivity contribution in [1.82, 2.24) is 10.2 Å². The first-order chi connectivity index (χ1) is 14.8. The van der Waals surface area contributed by atoms with Gasteiger partial charge in [0.1, 0.15) is 12.6 Å². The predicted octanol–water partition coefficient (Wildman–Crippen LogP) is 3.88. The summed E-state index contributed by atoms with van der Waals surface area (Å²) in [5, 5.41) is 3.62. The molecule has 0 saturated carbocycles. The summed E-state index contributed by atoms with van der Waals surface area (Å²) in [6.07, 6.45) is 0.997. The molecule has 0 aliphatic carbocycles. The minimum Gasteiger partial charge on any atom is -0.357 e. The van der Waals surface area contributed by atoms with Gasteiger partial charge in [0.2, 0.25) is 21.8 Å². The van der Waals surface area contributed by atoms with Gasteiger partial charge in [-0.25, -0.2) is 8.42 Å². The number of likely N-dealkylation sites (N-methyl/N-ethyl adjacent to an activating group) is 1. The normalized spacial score (nSPS) is 12.2. The van der Waals surface area contributed by atoms with Crippen molar-refractivity contribution in [3.05, 3.63) is 62.6 Å². The van der Waals surface area contributed by atoms with Gasteiger partial charge in [0.15, 0.2) is 0 Å². The predicted molar refractivity (Wildman–Crippen MR) is 129 cm³/mol. The molecular weight excluding hydrogens is 497 g/mol. The first kappa shape index (κ1) is 26.3. The molecular formula is C21H24Cl3N3O4S. The number of halogens is 3. The summed E-state index contributed by atoms with van der Waals surface area (Å²) in [5.41, 5.74) is 1.57. The highest BCUT2D eigenvalue weighted by Crippen LogP contribution is 2.26. The summed E-state index contributed by atoms with van der Waals surface area (Å²) in [6, 6.07) is 8.62. The van der Waals surface area contributed by atoms with E-state index >= 15 is 0 Å². The lowest BCUT2D eigenvalue weighted by Crippen LogP contribution is -2.50. The standard InChI is InChI=1S/C21H24Cl3N3O4S/c1-13-5-8-17(10-18(13)23)27(32(4,30)31)12-20(28)26(14(2)21(29)25-3)11-15-6-7-16(22)9-19(15)24/h5-10,14H,11-12H2,1-4H3,(H,25,29)/t14-/m0/s1. The number of sulfonamides is 1. The zero-order valence-corrected chi connectivity index (χ0v) is 21.1. The van der Waals surface area contributed by atoms with E-state index in [9.17, 15) is 18.0 Å². The van der Waals surface area contributed by atoms with Crippen LogP contribution in [0, 0.1) is 6.92 Å². The number of benzene rings is 2. The Morgan fingerprint density at radius 3 is 2.25 bits per heavy atom. The minimum absolute atomic E-state index is 0.0182. The molecule has 2 aromatic rings. The van der Waals surface area contributed by atoms with Crippen LogP contribution < -0.4 is 9.62 Å². The van der Waals surface area contributed by atoms with Crippen molar-refractivity contribution >= 4 is 62.3 Å². The van der Waals surface area contributed by atoms with Gasteiger partial charge in [-0.15, -0.1) is 0 Å². The number of amides is 2. The van der Waals surface area contributed by atoms with E-state index in [-0.39, 0.29) is 12.2 Å². The van der Waals surface area contributed by atoms with Gasteiger partial charge in [-0.2, -0.15) is 0 Å². The Kier molecular flexibility index (Phi) is 8.82. The molecule has 2 amide bonds. The monoisotopic (exact) mass is 519 g/mol. The van der Waals surface area contributed by atoms with Crippen LogP contribution in [0.5, 0.6) is 0 Å². The number of anilines is 1. The maximum atomic E-state index is 13.3. The molecule has 0 radical (unpaired) electrons. The van der Waals surface area contributed by atoms with Crippen LogP contribution in [0.25, 0.3) is 0 Å². The number of aryl methyl sites for hydroxylation is 1. The van der Waals surface area contributed by atoms with E-state index in [1.165, 1.54) is 24.1 Å². The average Bonchev–Trinajstić information content (AvgIpc) is 2.71. The number of hydrogen-bond donors (Lipinski definition) is 1. The van der Waals surface area contributed by atoms with Gasteiger partial charge in [0.25, 0.3) is 0 Å². The summed E-state index contributed by atoms with van der Waals surface area (Å²) >= 11 is 18.4. The highest BCUT2D eigenvalue weighted by Gasteiger charge is 2.30. The lowest BCUT2D eigenvalue weighted by atomic mass is 10.1. The molecule has 1 atom stereocenters. The van der Waals surface area contributed by atoms with Crippen molar-refractivity contribution in [3.8, 4) is 0 Å². The van der Waals surface area contributed by atoms with Crippen molar-refractivity contribution in [3.63, 3.8) is 0 Å². The number of carbonyl (C=O) groups excluding carboxylic acids is 2. The molecule has 11 heteroatoms. The maximum absolute atomic E-state index is 13.3. The molecule has 0 fully saturated rings. The lowest BCUT2D eigenvalue weighted by molar-refractivity contribution is -0.139. The van der Waals surface area contributed by atoms with E-state index in [0.717, 1.165) is 16.1 Å². The van der Waals surface area contributed by atoms with Crippen molar-refractivity contribution in [2.75, 3.05) is 24.2 Å². The summed E-state index contributed by atoms with van der Waals surface area (Å²) in [4.78, 5) is 26.9. The molecule has 0 saturated heterocycles. The largest absolute Gasteiger partial charge is 0.357 e. The van der Waals surface area contributed by atoms with E-state index in [0.29, 0.717) is 20.6 Å². The second-order valence-electron chi connectivity index (χ2n) is 7.25. The Balaban J connectivity index is 2.43. The molecule has 2 aromatic carbocycles. The number of carbonyl (C=O) groups is 2. The van der Waals surface area contributed by atoms with Gasteiger partial charge in [0.05, 0.1) is 11.9 Å². The van der Waals surface area contributed by atoms with E-state index in [1.54, 1.807) is 38.1 Å². The zero-order chi connectivity index (χ0) is 24.2. The van der Waals surface area contributed by atoms with Crippen molar-refractivity contribution in [1.29, 1.82) is 0 Å². The van der Waals surface area contributed by atoms with E-state index in [1.807, 2.05) is 0 Å². The summed E-state index contributed by atoms with van der Waals surface area (Å²) in [7, 11) is -2.38. The van der Waals surface area contributed by atoms with Gasteiger partial charge < -0.3 is 10.2 Å². The third-order valence-corrected chi connectivity index (χ3v) is 7.03. The fourth-order valence-corrected chi connectivity index (χ4v) is 4.46. The maximum Gasteiger partial charge on any atom is 0.244 e. The second-order valence-corrected chi connectivity index (χ2v) is 10.4. The van der Waals surface area contributed by atoms with Gasteiger partial charge in [-0.3, -0.25) is 13.9 Å². The molecule has 0 aliphatic rings. The van der Waals surface area contributed by atoms with E-state index < -0.39 is 34.4 Å². The van der Waals surface area contributed by atoms with Gasteiger partial charge in [-0.1, -0.05) is 46.9 Å². The molecule has 0 unspecified atom stereocenters. The molecule has 32 heavy (non-hydrogen) atoms. The number of nitrogens with zero attached hydrogens (tertiary/aromatic N) is 2. The first-order valence-corrected chi connectivity index (χ1v) is 12.5. The number of hydrogen-bond acceptors (Lipinski definition) is 4. The third kappa shape index (κ3) is 6.51. The van der Waals surface area contributed by atoms with Crippen LogP contribution in [-0.2, 0) is 26.2 Å².